The van der Waals surface area contributed by atoms with Gasteiger partial charge in [0.15, 0.2) is 11.5 Å². The molecule has 2 fully saturated rings. The van der Waals surface area contributed by atoms with Crippen molar-refractivity contribution in [2.24, 2.45) is 0 Å². The van der Waals surface area contributed by atoms with E-state index in [4.69, 9.17) is 32.7 Å². The van der Waals surface area contributed by atoms with Crippen molar-refractivity contribution in [1.29, 1.82) is 0 Å². The van der Waals surface area contributed by atoms with Gasteiger partial charge in [0.25, 0.3) is 11.8 Å². The minimum absolute atomic E-state index is 0.158. The summed E-state index contributed by atoms with van der Waals surface area (Å²) >= 11 is 12.1. The summed E-state index contributed by atoms with van der Waals surface area (Å²) in [5.41, 5.74) is 1.61. The van der Waals surface area contributed by atoms with Gasteiger partial charge in [-0.25, -0.2) is 0 Å². The molecule has 0 radical (unpaired) electrons. The molecule has 8 nitrogen and oxygen atoms in total. The number of hydrogen-bond donors (Lipinski definition) is 0. The Morgan fingerprint density at radius 2 is 1.77 bits per heavy atom. The molecule has 0 N–H and O–H groups in total. The van der Waals surface area contributed by atoms with Gasteiger partial charge in [0.05, 0.1) is 29.8 Å². The van der Waals surface area contributed by atoms with Crippen LogP contribution in [0.1, 0.15) is 39.4 Å². The Hall–Kier alpha value is -2.13. The minimum Gasteiger partial charge on any atom is -0.347 e. The van der Waals surface area contributed by atoms with Crippen LogP contribution in [0, 0.1) is 0 Å². The topological polar surface area (TPSA) is 76.9 Å². The maximum Gasteiger partial charge on any atom is 0.274 e. The zero-order valence-corrected chi connectivity index (χ0v) is 18.4. The maximum absolute atomic E-state index is 13.0. The van der Waals surface area contributed by atoms with Crippen molar-refractivity contribution in [2.75, 3.05) is 32.8 Å². The fourth-order valence-electron chi connectivity index (χ4n) is 4.35. The average molecular weight is 465 g/mol. The van der Waals surface area contributed by atoms with E-state index in [2.05, 4.69) is 5.10 Å². The van der Waals surface area contributed by atoms with Crippen molar-refractivity contribution in [3.63, 3.8) is 0 Å². The molecule has 2 saturated heterocycles. The van der Waals surface area contributed by atoms with Gasteiger partial charge in [-0.15, -0.1) is 0 Å². The number of halogens is 2. The smallest absolute Gasteiger partial charge is 0.274 e. The van der Waals surface area contributed by atoms with Gasteiger partial charge in [-0.05, 0) is 17.7 Å². The lowest BCUT2D eigenvalue weighted by Crippen LogP contribution is -2.47. The first-order valence-electron chi connectivity index (χ1n) is 10.3. The lowest BCUT2D eigenvalue weighted by molar-refractivity contribution is -0.181. The van der Waals surface area contributed by atoms with Crippen molar-refractivity contribution < 1.29 is 19.1 Å². The average Bonchev–Trinajstić information content (AvgIpc) is 3.41. The zero-order valence-electron chi connectivity index (χ0n) is 16.9. The lowest BCUT2D eigenvalue weighted by atomic mass is 10.0. The van der Waals surface area contributed by atoms with Crippen LogP contribution in [0.4, 0.5) is 0 Å². The second-order valence-electron chi connectivity index (χ2n) is 8.01. The van der Waals surface area contributed by atoms with Gasteiger partial charge < -0.3 is 19.3 Å². The molecule has 10 heteroatoms. The van der Waals surface area contributed by atoms with E-state index in [9.17, 15) is 9.59 Å². The first-order valence-corrected chi connectivity index (χ1v) is 11.1. The summed E-state index contributed by atoms with van der Waals surface area (Å²) in [7, 11) is 0. The molecule has 1 aromatic carbocycles. The predicted octanol–water partition coefficient (Wildman–Crippen LogP) is 2.83. The molecular formula is C21H22Cl2N4O4. The normalized spacial score (nSPS) is 20.4. The number of benzene rings is 1. The molecule has 1 spiro atoms. The Kier molecular flexibility index (Phi) is 5.42. The Labute approximate surface area is 189 Å². The number of amides is 2. The van der Waals surface area contributed by atoms with Crippen LogP contribution in [0.2, 0.25) is 10.0 Å². The third-order valence-electron chi connectivity index (χ3n) is 6.07. The molecule has 0 aliphatic carbocycles. The summed E-state index contributed by atoms with van der Waals surface area (Å²) in [6, 6.07) is 6.93. The molecule has 3 aliphatic heterocycles. The van der Waals surface area contributed by atoms with Gasteiger partial charge in [-0.2, -0.15) is 5.10 Å². The second kappa shape index (κ2) is 8.09. The van der Waals surface area contributed by atoms with Crippen LogP contribution in [0.3, 0.4) is 0 Å². The molecular weight excluding hydrogens is 443 g/mol. The van der Waals surface area contributed by atoms with Gasteiger partial charge in [-0.1, -0.05) is 29.3 Å². The van der Waals surface area contributed by atoms with E-state index in [1.807, 2.05) is 6.07 Å². The lowest BCUT2D eigenvalue weighted by Gasteiger charge is -2.37. The highest BCUT2D eigenvalue weighted by Gasteiger charge is 2.41. The highest BCUT2D eigenvalue weighted by Crippen LogP contribution is 2.32. The highest BCUT2D eigenvalue weighted by molar-refractivity contribution is 6.42. The van der Waals surface area contributed by atoms with Crippen molar-refractivity contribution in [1.82, 2.24) is 19.6 Å². The van der Waals surface area contributed by atoms with Crippen LogP contribution in [0.15, 0.2) is 24.3 Å². The standard InChI is InChI=1S/C21H22Cl2N4O4/c22-15-2-1-14(11-16(15)23)13-26-7-8-27-18(20(26)29)12-17(24-27)19(28)25-5-3-21(4-6-25)30-9-10-31-21/h1-2,11-12H,3-10,13H2. The molecule has 5 rings (SSSR count). The van der Waals surface area contributed by atoms with Crippen molar-refractivity contribution in [2.45, 2.75) is 31.7 Å². The van der Waals surface area contributed by atoms with E-state index in [0.717, 1.165) is 5.56 Å². The van der Waals surface area contributed by atoms with Crippen LogP contribution in [0.25, 0.3) is 0 Å². The van der Waals surface area contributed by atoms with Crippen LogP contribution < -0.4 is 0 Å². The SMILES string of the molecule is O=C(c1cc2n(n1)CCN(Cc1ccc(Cl)c(Cl)c1)C2=O)N1CCC2(CC1)OCCO2. The fourth-order valence-corrected chi connectivity index (χ4v) is 4.67. The zero-order chi connectivity index (χ0) is 21.6. The number of hydrogen-bond acceptors (Lipinski definition) is 5. The quantitative estimate of drug-likeness (QED) is 0.697. The van der Waals surface area contributed by atoms with Crippen LogP contribution in [-0.4, -0.2) is 70.0 Å². The molecule has 2 amide bonds. The van der Waals surface area contributed by atoms with E-state index in [1.54, 1.807) is 32.7 Å². The minimum atomic E-state index is -0.536. The Bertz CT molecular complexity index is 1020. The molecule has 0 unspecified atom stereocenters. The van der Waals surface area contributed by atoms with Crippen molar-refractivity contribution >= 4 is 35.0 Å². The van der Waals surface area contributed by atoms with E-state index in [1.165, 1.54) is 0 Å². The van der Waals surface area contributed by atoms with Gasteiger partial charge >= 0.3 is 0 Å². The van der Waals surface area contributed by atoms with E-state index in [0.29, 0.717) is 80.2 Å². The third-order valence-corrected chi connectivity index (χ3v) is 6.81. The molecule has 0 bridgehead atoms. The number of carbonyl (C=O) groups excluding carboxylic acids is 2. The Morgan fingerprint density at radius 3 is 2.48 bits per heavy atom. The fraction of sp³-hybridized carbons (Fsp3) is 0.476. The first kappa shape index (κ1) is 20.8. The number of aromatic nitrogens is 2. The van der Waals surface area contributed by atoms with Gasteiger partial charge in [0, 0.05) is 45.1 Å². The molecule has 3 aliphatic rings. The Balaban J connectivity index is 1.27. The number of nitrogens with zero attached hydrogens (tertiary/aromatic N) is 4. The number of fused-ring (bicyclic) bond motifs is 1. The van der Waals surface area contributed by atoms with E-state index < -0.39 is 5.79 Å². The number of carbonyl (C=O) groups is 2. The summed E-state index contributed by atoms with van der Waals surface area (Å²) in [6.07, 6.45) is 1.28. The van der Waals surface area contributed by atoms with Crippen LogP contribution in [0.5, 0.6) is 0 Å². The molecule has 1 aromatic heterocycles. The largest absolute Gasteiger partial charge is 0.347 e. The first-order chi connectivity index (χ1) is 14.9. The molecule has 31 heavy (non-hydrogen) atoms. The van der Waals surface area contributed by atoms with Crippen molar-refractivity contribution in [3.05, 3.63) is 51.3 Å². The van der Waals surface area contributed by atoms with Crippen molar-refractivity contribution in [3.8, 4) is 0 Å². The highest BCUT2D eigenvalue weighted by atomic mass is 35.5. The van der Waals surface area contributed by atoms with Gasteiger partial charge in [0.2, 0.25) is 0 Å². The van der Waals surface area contributed by atoms with Crippen LogP contribution >= 0.6 is 23.2 Å². The summed E-state index contributed by atoms with van der Waals surface area (Å²) in [5, 5.41) is 5.34. The number of rotatable bonds is 3. The summed E-state index contributed by atoms with van der Waals surface area (Å²) in [6.45, 7) is 3.73. The number of piperidine rings is 1. The molecule has 0 saturated carbocycles. The molecule has 0 atom stereocenters. The monoisotopic (exact) mass is 464 g/mol. The summed E-state index contributed by atoms with van der Waals surface area (Å²) in [5.74, 6) is -0.863. The second-order valence-corrected chi connectivity index (χ2v) is 8.83. The van der Waals surface area contributed by atoms with E-state index >= 15 is 0 Å². The molecule has 2 aromatic rings. The number of ether oxygens (including phenoxy) is 2. The van der Waals surface area contributed by atoms with E-state index in [-0.39, 0.29) is 11.8 Å². The van der Waals surface area contributed by atoms with Crippen LogP contribution in [-0.2, 0) is 22.6 Å². The number of likely N-dealkylation sites (tertiary alicyclic amines) is 1. The maximum atomic E-state index is 13.0. The summed E-state index contributed by atoms with van der Waals surface area (Å²) in [4.78, 5) is 29.5. The Morgan fingerprint density at radius 1 is 1.03 bits per heavy atom. The van der Waals surface area contributed by atoms with Gasteiger partial charge in [0.1, 0.15) is 5.69 Å². The molecule has 4 heterocycles. The third kappa shape index (κ3) is 3.93. The predicted molar refractivity (Wildman–Crippen MR) is 113 cm³/mol. The summed E-state index contributed by atoms with van der Waals surface area (Å²) < 4.78 is 13.1. The van der Waals surface area contributed by atoms with Gasteiger partial charge in [-0.3, -0.25) is 14.3 Å². The molecule has 164 valence electrons.